The third-order valence-electron chi connectivity index (χ3n) is 5.14. The molecule has 1 aromatic carbocycles. The van der Waals surface area contributed by atoms with Crippen molar-refractivity contribution in [1.29, 1.82) is 0 Å². The van der Waals surface area contributed by atoms with Gasteiger partial charge in [-0.3, -0.25) is 0 Å². The van der Waals surface area contributed by atoms with Gasteiger partial charge in [0.05, 0.1) is 6.04 Å². The second-order valence-electron chi connectivity index (χ2n) is 6.88. The van der Waals surface area contributed by atoms with Crippen LogP contribution in [0.5, 0.6) is 0 Å². The molecule has 1 aliphatic heterocycles. The van der Waals surface area contributed by atoms with Crippen molar-refractivity contribution < 1.29 is 9.53 Å². The molecule has 126 valence electrons. The second kappa shape index (κ2) is 7.82. The molecule has 3 rings (SSSR count). The van der Waals surface area contributed by atoms with Crippen LogP contribution in [-0.2, 0) is 11.2 Å². The lowest BCUT2D eigenvalue weighted by Gasteiger charge is -2.29. The van der Waals surface area contributed by atoms with E-state index in [1.165, 1.54) is 24.0 Å². The van der Waals surface area contributed by atoms with Gasteiger partial charge in [0.25, 0.3) is 0 Å². The highest BCUT2D eigenvalue weighted by atomic mass is 16.5. The molecule has 2 amide bonds. The first-order valence-electron chi connectivity index (χ1n) is 8.91. The Morgan fingerprint density at radius 3 is 2.83 bits per heavy atom. The third kappa shape index (κ3) is 4.25. The molecule has 0 saturated carbocycles. The molecular formula is C19H28N2O2. The van der Waals surface area contributed by atoms with Crippen LogP contribution in [0.15, 0.2) is 24.3 Å². The van der Waals surface area contributed by atoms with E-state index < -0.39 is 0 Å². The molecule has 4 heteroatoms. The van der Waals surface area contributed by atoms with E-state index in [1.54, 1.807) is 0 Å². The molecule has 1 N–H and O–H groups in total. The molecule has 1 unspecified atom stereocenters. The maximum Gasteiger partial charge on any atom is 0.317 e. The highest BCUT2D eigenvalue weighted by molar-refractivity contribution is 5.74. The van der Waals surface area contributed by atoms with Crippen LogP contribution in [0.1, 0.15) is 49.3 Å². The van der Waals surface area contributed by atoms with E-state index in [2.05, 4.69) is 29.6 Å². The number of amides is 2. The zero-order chi connectivity index (χ0) is 16.1. The molecule has 4 nitrogen and oxygen atoms in total. The summed E-state index contributed by atoms with van der Waals surface area (Å²) >= 11 is 0. The summed E-state index contributed by atoms with van der Waals surface area (Å²) in [4.78, 5) is 14.4. The van der Waals surface area contributed by atoms with Crippen molar-refractivity contribution in [3.63, 3.8) is 0 Å². The monoisotopic (exact) mass is 316 g/mol. The summed E-state index contributed by atoms with van der Waals surface area (Å²) in [7, 11) is 1.91. The van der Waals surface area contributed by atoms with Gasteiger partial charge in [-0.25, -0.2) is 4.79 Å². The van der Waals surface area contributed by atoms with Crippen molar-refractivity contribution in [3.8, 4) is 0 Å². The summed E-state index contributed by atoms with van der Waals surface area (Å²) in [5.41, 5.74) is 2.69. The quantitative estimate of drug-likeness (QED) is 0.867. The molecule has 1 aliphatic carbocycles. The van der Waals surface area contributed by atoms with Gasteiger partial charge in [-0.1, -0.05) is 30.7 Å². The van der Waals surface area contributed by atoms with Crippen LogP contribution in [0.25, 0.3) is 0 Å². The molecule has 0 bridgehead atoms. The first kappa shape index (κ1) is 16.3. The fourth-order valence-electron chi connectivity index (χ4n) is 3.73. The predicted molar refractivity (Wildman–Crippen MR) is 91.4 cm³/mol. The molecule has 0 aromatic heterocycles. The van der Waals surface area contributed by atoms with E-state index >= 15 is 0 Å². The second-order valence-corrected chi connectivity index (χ2v) is 6.88. The van der Waals surface area contributed by atoms with Gasteiger partial charge in [0, 0.05) is 26.8 Å². The minimum atomic E-state index is 0.0539. The number of carbonyl (C=O) groups excluding carboxylic acids is 1. The minimum absolute atomic E-state index is 0.0539. The smallest absolute Gasteiger partial charge is 0.317 e. The van der Waals surface area contributed by atoms with Gasteiger partial charge in [-0.05, 0) is 49.1 Å². The minimum Gasteiger partial charge on any atom is -0.381 e. The number of hydrogen-bond donors (Lipinski definition) is 1. The standard InChI is InChI=1S/C19H28N2O2/c1-21(14-15-10-12-23-13-11-15)19(22)20-18-9-5-3-7-16-6-2-4-8-17(16)18/h2,4,6,8,15,18H,3,5,7,9-14H2,1H3,(H,20,22). The third-order valence-corrected chi connectivity index (χ3v) is 5.14. The molecule has 1 atom stereocenters. The highest BCUT2D eigenvalue weighted by Crippen LogP contribution is 2.28. The number of hydrogen-bond acceptors (Lipinski definition) is 2. The summed E-state index contributed by atoms with van der Waals surface area (Å²) in [6.45, 7) is 2.48. The number of carbonyl (C=O) groups is 1. The van der Waals surface area contributed by atoms with E-state index in [9.17, 15) is 4.79 Å². The van der Waals surface area contributed by atoms with E-state index in [4.69, 9.17) is 4.74 Å². The predicted octanol–water partition coefficient (Wildman–Crippen LogP) is 3.52. The number of nitrogens with one attached hydrogen (secondary N) is 1. The van der Waals surface area contributed by atoms with Crippen LogP contribution >= 0.6 is 0 Å². The zero-order valence-corrected chi connectivity index (χ0v) is 14.1. The molecule has 23 heavy (non-hydrogen) atoms. The number of urea groups is 1. The molecule has 2 aliphatic rings. The summed E-state index contributed by atoms with van der Waals surface area (Å²) in [6, 6.07) is 8.75. The maximum atomic E-state index is 12.6. The normalized spacial score (nSPS) is 22.0. The van der Waals surface area contributed by atoms with E-state index in [1.807, 2.05) is 11.9 Å². The topological polar surface area (TPSA) is 41.6 Å². The average Bonchev–Trinajstić information content (AvgIpc) is 2.78. The molecule has 0 spiro atoms. The van der Waals surface area contributed by atoms with Gasteiger partial charge in [0.15, 0.2) is 0 Å². The molecule has 0 radical (unpaired) electrons. The Kier molecular flexibility index (Phi) is 5.55. The number of ether oxygens (including phenoxy) is 1. The van der Waals surface area contributed by atoms with Crippen molar-refractivity contribution >= 4 is 6.03 Å². The van der Waals surface area contributed by atoms with Gasteiger partial charge >= 0.3 is 6.03 Å². The molecule has 1 fully saturated rings. The fraction of sp³-hybridized carbons (Fsp3) is 0.632. The maximum absolute atomic E-state index is 12.6. The molecule has 1 aromatic rings. The fourth-order valence-corrected chi connectivity index (χ4v) is 3.73. The first-order chi connectivity index (χ1) is 11.2. The largest absolute Gasteiger partial charge is 0.381 e. The van der Waals surface area contributed by atoms with Gasteiger partial charge in [0.2, 0.25) is 0 Å². The summed E-state index contributed by atoms with van der Waals surface area (Å²) < 4.78 is 5.40. The number of rotatable bonds is 3. The van der Waals surface area contributed by atoms with Gasteiger partial charge in [0.1, 0.15) is 0 Å². The summed E-state index contributed by atoms with van der Waals surface area (Å²) in [6.07, 6.45) is 6.66. The number of aryl methyl sites for hydroxylation is 1. The Morgan fingerprint density at radius 1 is 1.22 bits per heavy atom. The average molecular weight is 316 g/mol. The van der Waals surface area contributed by atoms with Gasteiger partial charge in [-0.2, -0.15) is 0 Å². The Labute approximate surface area is 139 Å². The van der Waals surface area contributed by atoms with Gasteiger partial charge < -0.3 is 15.0 Å². The molecular weight excluding hydrogens is 288 g/mol. The lowest BCUT2D eigenvalue weighted by molar-refractivity contribution is 0.0584. The first-order valence-corrected chi connectivity index (χ1v) is 8.91. The van der Waals surface area contributed by atoms with Crippen molar-refractivity contribution in [3.05, 3.63) is 35.4 Å². The highest BCUT2D eigenvalue weighted by Gasteiger charge is 2.23. The number of benzene rings is 1. The van der Waals surface area contributed by atoms with Crippen LogP contribution in [-0.4, -0.2) is 37.7 Å². The Hall–Kier alpha value is -1.55. The summed E-state index contributed by atoms with van der Waals surface area (Å²) in [5.74, 6) is 0.570. The van der Waals surface area contributed by atoms with Crippen molar-refractivity contribution in [2.45, 2.75) is 44.6 Å². The summed E-state index contributed by atoms with van der Waals surface area (Å²) in [5, 5.41) is 3.26. The van der Waals surface area contributed by atoms with Crippen molar-refractivity contribution in [1.82, 2.24) is 10.2 Å². The van der Waals surface area contributed by atoms with Crippen LogP contribution in [0.3, 0.4) is 0 Å². The molecule has 1 heterocycles. The van der Waals surface area contributed by atoms with Crippen LogP contribution < -0.4 is 5.32 Å². The Morgan fingerprint density at radius 2 is 2.00 bits per heavy atom. The van der Waals surface area contributed by atoms with Gasteiger partial charge in [-0.15, -0.1) is 0 Å². The number of fused-ring (bicyclic) bond motifs is 1. The van der Waals surface area contributed by atoms with Crippen molar-refractivity contribution in [2.75, 3.05) is 26.8 Å². The molecule has 1 saturated heterocycles. The van der Waals surface area contributed by atoms with Crippen LogP contribution in [0, 0.1) is 5.92 Å². The van der Waals surface area contributed by atoms with E-state index in [0.717, 1.165) is 45.4 Å². The lowest BCUT2D eigenvalue weighted by Crippen LogP contribution is -2.42. The number of nitrogens with zero attached hydrogens (tertiary/aromatic N) is 1. The Balaban J connectivity index is 1.60. The van der Waals surface area contributed by atoms with E-state index in [-0.39, 0.29) is 12.1 Å². The lowest BCUT2D eigenvalue weighted by atomic mass is 9.99. The van der Waals surface area contributed by atoms with Crippen LogP contribution in [0.2, 0.25) is 0 Å². The Bertz CT molecular complexity index is 526. The zero-order valence-electron chi connectivity index (χ0n) is 14.1. The van der Waals surface area contributed by atoms with Crippen LogP contribution in [0.4, 0.5) is 4.79 Å². The van der Waals surface area contributed by atoms with Crippen molar-refractivity contribution in [2.24, 2.45) is 5.92 Å². The van der Waals surface area contributed by atoms with E-state index in [0.29, 0.717) is 5.92 Å². The SMILES string of the molecule is CN(CC1CCOCC1)C(=O)NC1CCCCc2ccccc21.